The van der Waals surface area contributed by atoms with Gasteiger partial charge in [-0.05, 0) is 30.1 Å². The quantitative estimate of drug-likeness (QED) is 0.816. The van der Waals surface area contributed by atoms with Gasteiger partial charge >= 0.3 is 12.0 Å². The predicted molar refractivity (Wildman–Crippen MR) is 76.4 cm³/mol. The Kier molecular flexibility index (Phi) is 3.73. The van der Waals surface area contributed by atoms with Crippen LogP contribution in [0.5, 0.6) is 0 Å². The van der Waals surface area contributed by atoms with Gasteiger partial charge in [0.05, 0.1) is 5.92 Å². The van der Waals surface area contributed by atoms with Crippen molar-refractivity contribution >= 4 is 12.0 Å². The summed E-state index contributed by atoms with van der Waals surface area (Å²) >= 11 is 0. The minimum Gasteiger partial charge on any atom is -0.481 e. The van der Waals surface area contributed by atoms with Crippen molar-refractivity contribution in [1.29, 1.82) is 0 Å². The van der Waals surface area contributed by atoms with Gasteiger partial charge in [0, 0.05) is 19.1 Å². The summed E-state index contributed by atoms with van der Waals surface area (Å²) < 4.78 is 0. The molecule has 5 nitrogen and oxygen atoms in total. The van der Waals surface area contributed by atoms with Crippen LogP contribution in [0.25, 0.3) is 0 Å². The molecule has 114 valence electrons. The number of carboxylic acid groups (broad SMARTS) is 1. The summed E-state index contributed by atoms with van der Waals surface area (Å²) in [5, 5.41) is 11.9. The first-order chi connectivity index (χ1) is 9.08. The Morgan fingerprint density at radius 1 is 1.10 bits per heavy atom. The Morgan fingerprint density at radius 2 is 1.60 bits per heavy atom. The molecule has 1 heterocycles. The highest BCUT2D eigenvalue weighted by Gasteiger charge is 2.41. The Bertz CT molecular complexity index is 395. The third-order valence-electron chi connectivity index (χ3n) is 4.40. The molecule has 0 aromatic rings. The van der Waals surface area contributed by atoms with Crippen molar-refractivity contribution in [3.63, 3.8) is 0 Å². The first-order valence-corrected chi connectivity index (χ1v) is 7.36. The molecule has 1 aliphatic heterocycles. The van der Waals surface area contributed by atoms with Crippen molar-refractivity contribution in [2.24, 2.45) is 16.7 Å². The van der Waals surface area contributed by atoms with Crippen LogP contribution in [0.15, 0.2) is 0 Å². The highest BCUT2D eigenvalue weighted by Crippen LogP contribution is 2.45. The van der Waals surface area contributed by atoms with Gasteiger partial charge < -0.3 is 15.3 Å². The van der Waals surface area contributed by atoms with Gasteiger partial charge in [0.2, 0.25) is 0 Å². The number of carboxylic acids is 1. The summed E-state index contributed by atoms with van der Waals surface area (Å²) in [5.41, 5.74) is 0.469. The smallest absolute Gasteiger partial charge is 0.317 e. The lowest BCUT2D eigenvalue weighted by molar-refractivity contribution is -0.146. The first-order valence-electron chi connectivity index (χ1n) is 7.36. The fourth-order valence-corrected chi connectivity index (χ4v) is 4.01. The number of carbonyl (C=O) groups excluding carboxylic acids is 1. The van der Waals surface area contributed by atoms with Crippen LogP contribution in [0.1, 0.15) is 47.0 Å². The van der Waals surface area contributed by atoms with Crippen LogP contribution in [-0.2, 0) is 4.79 Å². The Balaban J connectivity index is 1.87. The summed E-state index contributed by atoms with van der Waals surface area (Å²) in [6.07, 6.45) is 3.13. The maximum atomic E-state index is 12.1. The van der Waals surface area contributed by atoms with Crippen LogP contribution in [0.4, 0.5) is 4.79 Å². The molecular weight excluding hydrogens is 256 g/mol. The molecule has 2 rings (SSSR count). The molecule has 0 bridgehead atoms. The summed E-state index contributed by atoms with van der Waals surface area (Å²) in [4.78, 5) is 24.4. The molecule has 2 fully saturated rings. The molecule has 2 amide bonds. The molecule has 1 saturated heterocycles. The zero-order chi connectivity index (χ0) is 15.1. The van der Waals surface area contributed by atoms with E-state index in [0.717, 1.165) is 19.3 Å². The van der Waals surface area contributed by atoms with Crippen molar-refractivity contribution in [1.82, 2.24) is 10.2 Å². The normalized spacial score (nSPS) is 25.9. The number of nitrogens with one attached hydrogen (secondary N) is 1. The van der Waals surface area contributed by atoms with Crippen molar-refractivity contribution in [3.05, 3.63) is 0 Å². The number of likely N-dealkylation sites (tertiary alicyclic amines) is 1. The lowest BCUT2D eigenvalue weighted by Gasteiger charge is -2.46. The summed E-state index contributed by atoms with van der Waals surface area (Å²) in [6.45, 7) is 9.66. The van der Waals surface area contributed by atoms with Gasteiger partial charge in [-0.15, -0.1) is 0 Å². The van der Waals surface area contributed by atoms with Gasteiger partial charge in [-0.25, -0.2) is 4.79 Å². The molecule has 0 spiro atoms. The van der Waals surface area contributed by atoms with Crippen molar-refractivity contribution in [2.45, 2.75) is 53.0 Å². The average Bonchev–Trinajstić information content (AvgIpc) is 2.07. The van der Waals surface area contributed by atoms with Crippen molar-refractivity contribution in [3.8, 4) is 0 Å². The Labute approximate surface area is 120 Å². The summed E-state index contributed by atoms with van der Waals surface area (Å²) in [5.74, 6) is -1.20. The molecule has 1 aliphatic carbocycles. The molecule has 0 aromatic heterocycles. The van der Waals surface area contributed by atoms with Crippen molar-refractivity contribution in [2.75, 3.05) is 13.1 Å². The van der Waals surface area contributed by atoms with Crippen LogP contribution < -0.4 is 5.32 Å². The topological polar surface area (TPSA) is 69.6 Å². The van der Waals surface area contributed by atoms with E-state index in [0.29, 0.717) is 13.1 Å². The largest absolute Gasteiger partial charge is 0.481 e. The van der Waals surface area contributed by atoms with Gasteiger partial charge in [-0.3, -0.25) is 4.79 Å². The van der Waals surface area contributed by atoms with Gasteiger partial charge in [0.25, 0.3) is 0 Å². The second kappa shape index (κ2) is 4.93. The highest BCUT2D eigenvalue weighted by molar-refractivity contribution is 5.79. The Morgan fingerprint density at radius 3 is 2.05 bits per heavy atom. The standard InChI is InChI=1S/C15H26N2O3/c1-14(2)5-11(6-15(3,4)9-14)16-13(20)17-7-10(8-17)12(18)19/h10-11H,5-9H2,1-4H3,(H,16,20)(H,18,19). The number of rotatable bonds is 2. The molecule has 20 heavy (non-hydrogen) atoms. The van der Waals surface area contributed by atoms with Crippen LogP contribution >= 0.6 is 0 Å². The minimum absolute atomic E-state index is 0.110. The van der Waals surface area contributed by atoms with Gasteiger partial charge in [0.1, 0.15) is 0 Å². The van der Waals surface area contributed by atoms with E-state index in [1.54, 1.807) is 4.90 Å². The van der Waals surface area contributed by atoms with Crippen LogP contribution in [0.3, 0.4) is 0 Å². The van der Waals surface area contributed by atoms with Crippen LogP contribution in [-0.4, -0.2) is 41.1 Å². The van der Waals surface area contributed by atoms with Gasteiger partial charge in [-0.1, -0.05) is 27.7 Å². The zero-order valence-corrected chi connectivity index (χ0v) is 12.9. The van der Waals surface area contributed by atoms with E-state index in [1.165, 1.54) is 0 Å². The van der Waals surface area contributed by atoms with Gasteiger partial charge in [0.15, 0.2) is 0 Å². The monoisotopic (exact) mass is 282 g/mol. The van der Waals surface area contributed by atoms with E-state index < -0.39 is 5.97 Å². The first kappa shape index (κ1) is 15.1. The number of urea groups is 1. The third-order valence-corrected chi connectivity index (χ3v) is 4.40. The van der Waals surface area contributed by atoms with E-state index in [9.17, 15) is 9.59 Å². The highest BCUT2D eigenvalue weighted by atomic mass is 16.4. The number of carbonyl (C=O) groups is 2. The molecular formula is C15H26N2O3. The molecule has 0 atom stereocenters. The maximum Gasteiger partial charge on any atom is 0.317 e. The van der Waals surface area contributed by atoms with Crippen molar-refractivity contribution < 1.29 is 14.7 Å². The molecule has 0 unspecified atom stereocenters. The average molecular weight is 282 g/mol. The summed E-state index contributed by atoms with van der Waals surface area (Å²) in [6, 6.07) is 0.0751. The molecule has 2 aliphatic rings. The van der Waals surface area contributed by atoms with E-state index in [1.807, 2.05) is 0 Å². The lowest BCUT2D eigenvalue weighted by atomic mass is 9.63. The maximum absolute atomic E-state index is 12.1. The van der Waals surface area contributed by atoms with E-state index in [2.05, 4.69) is 33.0 Å². The van der Waals surface area contributed by atoms with E-state index in [4.69, 9.17) is 5.11 Å². The van der Waals surface area contributed by atoms with Crippen LogP contribution in [0.2, 0.25) is 0 Å². The molecule has 2 N–H and O–H groups in total. The number of hydrogen-bond acceptors (Lipinski definition) is 2. The number of amides is 2. The predicted octanol–water partition coefficient (Wildman–Crippen LogP) is 2.32. The molecule has 5 heteroatoms. The number of aliphatic carboxylic acids is 1. The molecule has 0 aromatic carbocycles. The summed E-state index contributed by atoms with van der Waals surface area (Å²) in [7, 11) is 0. The molecule has 0 radical (unpaired) electrons. The Hall–Kier alpha value is -1.26. The number of nitrogens with zero attached hydrogens (tertiary/aromatic N) is 1. The third kappa shape index (κ3) is 3.44. The fourth-order valence-electron chi connectivity index (χ4n) is 4.01. The van der Waals surface area contributed by atoms with Crippen LogP contribution in [0, 0.1) is 16.7 Å². The molecule has 1 saturated carbocycles. The lowest BCUT2D eigenvalue weighted by Crippen LogP contribution is -2.58. The zero-order valence-electron chi connectivity index (χ0n) is 12.9. The second-order valence-electron chi connectivity index (χ2n) is 8.00. The minimum atomic E-state index is -0.811. The number of hydrogen-bond donors (Lipinski definition) is 2. The fraction of sp³-hybridized carbons (Fsp3) is 0.867. The SMILES string of the molecule is CC1(C)CC(NC(=O)N2CC(C(=O)O)C2)CC(C)(C)C1. The van der Waals surface area contributed by atoms with E-state index >= 15 is 0 Å². The van der Waals surface area contributed by atoms with Gasteiger partial charge in [-0.2, -0.15) is 0 Å². The van der Waals surface area contributed by atoms with E-state index in [-0.39, 0.29) is 28.8 Å². The second-order valence-corrected chi connectivity index (χ2v) is 8.00.